The summed E-state index contributed by atoms with van der Waals surface area (Å²) >= 11 is 0. The number of aliphatic hydroxyl groups excluding tert-OH is 2. The van der Waals surface area contributed by atoms with Crippen LogP contribution in [0.5, 0.6) is 0 Å². The molecule has 296 valence electrons. The van der Waals surface area contributed by atoms with Gasteiger partial charge < -0.3 is 54.2 Å². The van der Waals surface area contributed by atoms with E-state index >= 15 is 0 Å². The largest absolute Gasteiger partial charge is 0.456 e. The Balaban J connectivity index is 1.88. The summed E-state index contributed by atoms with van der Waals surface area (Å²) in [5.41, 5.74) is -6.50. The molecule has 1 aliphatic heterocycles. The molecule has 12 atom stereocenters. The molecule has 4 aliphatic rings. The molecule has 2 saturated carbocycles. The number of hydrogen-bond acceptors (Lipinski definition) is 13. The van der Waals surface area contributed by atoms with Crippen molar-refractivity contribution in [2.24, 2.45) is 22.7 Å². The van der Waals surface area contributed by atoms with Gasteiger partial charge in [-0.05, 0) is 65.0 Å². The van der Waals surface area contributed by atoms with Crippen LogP contribution in [0.15, 0.2) is 23.8 Å². The van der Waals surface area contributed by atoms with Gasteiger partial charge >= 0.3 is 18.0 Å². The first-order valence-electron chi connectivity index (χ1n) is 18.2. The van der Waals surface area contributed by atoms with Crippen LogP contribution in [0.1, 0.15) is 88.5 Å². The second kappa shape index (κ2) is 14.9. The van der Waals surface area contributed by atoms with Crippen LogP contribution in [-0.4, -0.2) is 124 Å². The molecule has 1 heterocycles. The Labute approximate surface area is 307 Å². The number of rotatable bonds is 12. The van der Waals surface area contributed by atoms with Crippen molar-refractivity contribution in [2.45, 2.75) is 154 Å². The second-order valence-electron chi connectivity index (χ2n) is 17.2. The van der Waals surface area contributed by atoms with Gasteiger partial charge in [0.1, 0.15) is 23.4 Å². The molecule has 0 aromatic rings. The number of carbonyl (C=O) groups is 3. The van der Waals surface area contributed by atoms with Crippen LogP contribution in [-0.2, 0) is 38.0 Å². The van der Waals surface area contributed by atoms with Gasteiger partial charge in [0.05, 0.1) is 48.6 Å². The lowest BCUT2D eigenvalue weighted by Crippen LogP contribution is -2.77. The summed E-state index contributed by atoms with van der Waals surface area (Å²) in [6.07, 6.45) is -7.22. The van der Waals surface area contributed by atoms with Crippen molar-refractivity contribution in [1.82, 2.24) is 5.32 Å². The zero-order valence-corrected chi connectivity index (χ0v) is 32.6. The Morgan fingerprint density at radius 1 is 1.15 bits per heavy atom. The fraction of sp³-hybridized carbons (Fsp3) is 0.816. The Morgan fingerprint density at radius 2 is 1.79 bits per heavy atom. The molecule has 14 nitrogen and oxygen atoms in total. The highest BCUT2D eigenvalue weighted by atomic mass is 16.6. The van der Waals surface area contributed by atoms with Gasteiger partial charge in [-0.2, -0.15) is 0 Å². The van der Waals surface area contributed by atoms with E-state index < -0.39 is 100 Å². The highest BCUT2D eigenvalue weighted by Gasteiger charge is 2.77. The van der Waals surface area contributed by atoms with E-state index in [0.717, 1.165) is 0 Å². The number of amides is 1. The molecule has 5 N–H and O–H groups in total. The quantitative estimate of drug-likeness (QED) is 0.111. The van der Waals surface area contributed by atoms with Gasteiger partial charge in [0.15, 0.2) is 12.2 Å². The SMILES string of the molecule is C=CCO[C@H]1[C@@H](OC(C)=O)C2=C(C)[C@@H](OC(=O)[C@H](O)C(CC(C)C)NC(=O)OC(C)(C)C)C[C@@]2(C(C)(C)O)[C@@H](O)[C@@H]2[C@]3(O)CO[C@@H]3C[C@H](OC)[C@]21C. The van der Waals surface area contributed by atoms with Crippen molar-refractivity contribution < 1.29 is 63.2 Å². The van der Waals surface area contributed by atoms with Gasteiger partial charge in [0, 0.05) is 38.2 Å². The van der Waals surface area contributed by atoms with Crippen molar-refractivity contribution in [3.63, 3.8) is 0 Å². The van der Waals surface area contributed by atoms with Gasteiger partial charge in [-0.3, -0.25) is 4.79 Å². The van der Waals surface area contributed by atoms with E-state index in [4.69, 9.17) is 28.4 Å². The van der Waals surface area contributed by atoms with E-state index in [1.807, 2.05) is 20.8 Å². The van der Waals surface area contributed by atoms with Gasteiger partial charge in [-0.1, -0.05) is 26.8 Å². The highest BCUT2D eigenvalue weighted by Crippen LogP contribution is 2.67. The van der Waals surface area contributed by atoms with Crippen molar-refractivity contribution in [2.75, 3.05) is 20.3 Å². The fourth-order valence-corrected chi connectivity index (χ4v) is 9.46. The Kier molecular flexibility index (Phi) is 12.1. The van der Waals surface area contributed by atoms with E-state index in [1.165, 1.54) is 34.0 Å². The van der Waals surface area contributed by atoms with E-state index in [1.54, 1.807) is 27.7 Å². The minimum atomic E-state index is -1.81. The van der Waals surface area contributed by atoms with Crippen LogP contribution < -0.4 is 5.32 Å². The van der Waals surface area contributed by atoms with Gasteiger partial charge in [0.25, 0.3) is 0 Å². The van der Waals surface area contributed by atoms with E-state index in [2.05, 4.69) is 11.9 Å². The van der Waals surface area contributed by atoms with Crippen LogP contribution in [0.3, 0.4) is 0 Å². The lowest BCUT2D eigenvalue weighted by Gasteiger charge is -2.65. The van der Waals surface area contributed by atoms with Crippen molar-refractivity contribution in [1.29, 1.82) is 0 Å². The van der Waals surface area contributed by atoms with Crippen LogP contribution in [0.25, 0.3) is 0 Å². The molecule has 14 heteroatoms. The summed E-state index contributed by atoms with van der Waals surface area (Å²) in [6, 6.07) is -1.07. The number of fused-ring (bicyclic) bond motifs is 4. The number of methoxy groups -OCH3 is 1. The third kappa shape index (κ3) is 7.28. The molecule has 1 saturated heterocycles. The van der Waals surface area contributed by atoms with E-state index in [0.29, 0.717) is 5.57 Å². The van der Waals surface area contributed by atoms with Crippen molar-refractivity contribution >= 4 is 18.0 Å². The molecule has 1 amide bonds. The summed E-state index contributed by atoms with van der Waals surface area (Å²) in [4.78, 5) is 39.5. The zero-order chi connectivity index (χ0) is 39.4. The molecule has 52 heavy (non-hydrogen) atoms. The average molecular weight is 740 g/mol. The van der Waals surface area contributed by atoms with Crippen LogP contribution in [0, 0.1) is 22.7 Å². The molecule has 4 rings (SSSR count). The summed E-state index contributed by atoms with van der Waals surface area (Å²) in [6.45, 7) is 20.2. The third-order valence-electron chi connectivity index (χ3n) is 11.7. The number of hydrogen-bond donors (Lipinski definition) is 5. The van der Waals surface area contributed by atoms with Crippen LogP contribution in [0.4, 0.5) is 4.79 Å². The fourth-order valence-electron chi connectivity index (χ4n) is 9.46. The molecule has 0 bridgehead atoms. The lowest BCUT2D eigenvalue weighted by atomic mass is 9.50. The van der Waals surface area contributed by atoms with Gasteiger partial charge in [-0.15, -0.1) is 6.58 Å². The molecule has 0 aromatic heterocycles. The first kappa shape index (κ1) is 42.2. The number of esters is 2. The average Bonchev–Trinajstić information content (AvgIpc) is 3.26. The minimum absolute atomic E-state index is 0.00394. The smallest absolute Gasteiger partial charge is 0.407 e. The summed E-state index contributed by atoms with van der Waals surface area (Å²) in [5.74, 6) is -2.84. The molecule has 3 fully saturated rings. The summed E-state index contributed by atoms with van der Waals surface area (Å²) < 4.78 is 35.9. The molecule has 0 radical (unpaired) electrons. The lowest BCUT2D eigenvalue weighted by molar-refractivity contribution is -0.353. The predicted octanol–water partition coefficient (Wildman–Crippen LogP) is 2.72. The van der Waals surface area contributed by atoms with Gasteiger partial charge in [0.2, 0.25) is 0 Å². The molecule has 1 unspecified atom stereocenters. The maximum Gasteiger partial charge on any atom is 0.407 e. The van der Waals surface area contributed by atoms with Crippen LogP contribution in [0.2, 0.25) is 0 Å². The normalized spacial score (nSPS) is 37.0. The van der Waals surface area contributed by atoms with E-state index in [9.17, 15) is 34.8 Å². The third-order valence-corrected chi connectivity index (χ3v) is 11.7. The standard InChI is InChI=1S/C38H61NO13/c1-13-14-48-31-28(50-21(5)40)26-20(4)23(51-32(43)27(41)22(15-19(2)3)39-33(44)52-34(6,7)8)17-37(26,35(9,10)45)30(42)29-36(31,11)24(47-12)16-25-38(29,46)18-49-25/h13,19,22-25,27-31,41-42,45-46H,1,14-18H2,2-12H3,(H,39,44)/t22?,23-,24-,25+,27+,28-,29-,30-,31-,36+,37-,38-/m0/s1. The first-order chi connectivity index (χ1) is 23.9. The molecule has 3 aliphatic carbocycles. The number of aliphatic hydroxyl groups is 4. The molecule has 0 spiro atoms. The summed E-state index contributed by atoms with van der Waals surface area (Å²) in [5, 5.41) is 51.5. The zero-order valence-electron chi connectivity index (χ0n) is 32.6. The monoisotopic (exact) mass is 739 g/mol. The Morgan fingerprint density at radius 3 is 2.27 bits per heavy atom. The maximum atomic E-state index is 13.8. The Bertz CT molecular complexity index is 1400. The van der Waals surface area contributed by atoms with Crippen molar-refractivity contribution in [3.8, 4) is 0 Å². The Hall–Kier alpha value is -2.59. The number of alkyl carbamates (subject to hydrolysis) is 1. The number of ether oxygens (including phenoxy) is 6. The second-order valence-corrected chi connectivity index (χ2v) is 17.2. The van der Waals surface area contributed by atoms with E-state index in [-0.39, 0.29) is 44.0 Å². The number of nitrogens with one attached hydrogen (secondary N) is 1. The maximum absolute atomic E-state index is 13.8. The minimum Gasteiger partial charge on any atom is -0.456 e. The molecule has 0 aromatic carbocycles. The molecular weight excluding hydrogens is 678 g/mol. The van der Waals surface area contributed by atoms with Gasteiger partial charge in [-0.25, -0.2) is 9.59 Å². The topological polar surface area (TPSA) is 200 Å². The first-order valence-corrected chi connectivity index (χ1v) is 18.2. The molecular formula is C38H61NO13. The predicted molar refractivity (Wildman–Crippen MR) is 188 cm³/mol. The van der Waals surface area contributed by atoms with Crippen molar-refractivity contribution in [3.05, 3.63) is 23.8 Å². The van der Waals surface area contributed by atoms with Crippen LogP contribution >= 0.6 is 0 Å². The number of carbonyl (C=O) groups excluding carboxylic acids is 3. The highest BCUT2D eigenvalue weighted by molar-refractivity contribution is 5.77. The summed E-state index contributed by atoms with van der Waals surface area (Å²) in [7, 11) is 1.51.